The van der Waals surface area contributed by atoms with Crippen LogP contribution in [-0.4, -0.2) is 31.8 Å². The maximum absolute atomic E-state index is 12.8. The molecule has 0 atom stereocenters. The van der Waals surface area contributed by atoms with Crippen LogP contribution < -0.4 is 5.63 Å². The molecule has 0 unspecified atom stereocenters. The van der Waals surface area contributed by atoms with Crippen molar-refractivity contribution in [3.8, 4) is 0 Å². The van der Waals surface area contributed by atoms with E-state index in [1.165, 1.54) is 28.6 Å². The van der Waals surface area contributed by atoms with Gasteiger partial charge in [-0.2, -0.15) is 4.31 Å². The van der Waals surface area contributed by atoms with Crippen molar-refractivity contribution in [1.82, 2.24) is 4.31 Å². The number of ether oxygens (including phenoxy) is 1. The van der Waals surface area contributed by atoms with Crippen LogP contribution in [0.5, 0.6) is 0 Å². The number of rotatable bonds is 7. The first-order valence-electron chi connectivity index (χ1n) is 9.67. The molecule has 0 saturated carbocycles. The molecule has 164 valence electrons. The summed E-state index contributed by atoms with van der Waals surface area (Å²) in [5, 5.41) is 0.707. The molecule has 0 aliphatic heterocycles. The van der Waals surface area contributed by atoms with Crippen LogP contribution in [0.4, 0.5) is 0 Å². The van der Waals surface area contributed by atoms with Gasteiger partial charge in [-0.15, -0.1) is 0 Å². The Kier molecular flexibility index (Phi) is 6.83. The van der Waals surface area contributed by atoms with Crippen molar-refractivity contribution in [3.05, 3.63) is 74.6 Å². The topological polar surface area (TPSA) is 93.9 Å². The number of carbonyl (C=O) groups excluding carboxylic acids is 1. The number of halogens is 1. The molecule has 0 N–H and O–H groups in total. The van der Waals surface area contributed by atoms with Crippen LogP contribution in [-0.2, 0) is 21.4 Å². The molecule has 3 aromatic rings. The van der Waals surface area contributed by atoms with Gasteiger partial charge >= 0.3 is 11.6 Å². The number of hydrogen-bond donors (Lipinski definition) is 0. The minimum Gasteiger partial charge on any atom is -0.457 e. The molecule has 0 amide bonds. The van der Waals surface area contributed by atoms with Crippen molar-refractivity contribution < 1.29 is 22.4 Å². The molecule has 0 bridgehead atoms. The highest BCUT2D eigenvalue weighted by atomic mass is 35.5. The average molecular weight is 464 g/mol. The molecule has 1 aromatic heterocycles. The largest absolute Gasteiger partial charge is 0.457 e. The number of nitrogens with zero attached hydrogens (tertiary/aromatic N) is 1. The lowest BCUT2D eigenvalue weighted by Gasteiger charge is -2.19. The summed E-state index contributed by atoms with van der Waals surface area (Å²) < 4.78 is 37.4. The van der Waals surface area contributed by atoms with Crippen LogP contribution in [0, 0.1) is 6.92 Å². The van der Waals surface area contributed by atoms with Crippen LogP contribution in [0.15, 0.2) is 56.6 Å². The highest BCUT2D eigenvalue weighted by molar-refractivity contribution is 7.89. The summed E-state index contributed by atoms with van der Waals surface area (Å²) in [6, 6.07) is 10.5. The Bertz CT molecular complexity index is 1300. The molecular formula is C22H22ClNO6S. The monoisotopic (exact) mass is 463 g/mol. The molecule has 0 fully saturated rings. The lowest BCUT2D eigenvalue weighted by molar-refractivity contribution is 0.0473. The number of fused-ring (bicyclic) bond motifs is 1. The summed E-state index contributed by atoms with van der Waals surface area (Å²) in [5.41, 5.74) is 1.15. The summed E-state index contributed by atoms with van der Waals surface area (Å²) in [4.78, 5) is 24.5. The minimum atomic E-state index is -3.77. The maximum atomic E-state index is 12.8. The third-order valence-corrected chi connectivity index (χ3v) is 7.22. The molecule has 9 heteroatoms. The van der Waals surface area contributed by atoms with E-state index in [0.29, 0.717) is 29.6 Å². The number of benzene rings is 2. The fourth-order valence-electron chi connectivity index (χ4n) is 3.21. The fraction of sp³-hybridized carbons (Fsp3) is 0.273. The minimum absolute atomic E-state index is 0.0474. The van der Waals surface area contributed by atoms with Gasteiger partial charge in [0.15, 0.2) is 0 Å². The van der Waals surface area contributed by atoms with E-state index in [4.69, 9.17) is 20.8 Å². The van der Waals surface area contributed by atoms with Gasteiger partial charge in [-0.1, -0.05) is 37.6 Å². The Hall–Kier alpha value is -2.68. The van der Waals surface area contributed by atoms with E-state index in [-0.39, 0.29) is 22.1 Å². The van der Waals surface area contributed by atoms with Gasteiger partial charge in [-0.05, 0) is 36.8 Å². The van der Waals surface area contributed by atoms with Crippen LogP contribution in [0.25, 0.3) is 11.0 Å². The van der Waals surface area contributed by atoms with Gasteiger partial charge in [0.25, 0.3) is 0 Å². The molecule has 3 rings (SSSR count). The van der Waals surface area contributed by atoms with Gasteiger partial charge in [0.2, 0.25) is 10.0 Å². The first kappa shape index (κ1) is 23.0. The van der Waals surface area contributed by atoms with E-state index in [2.05, 4.69) is 0 Å². The van der Waals surface area contributed by atoms with Crippen molar-refractivity contribution in [1.29, 1.82) is 0 Å². The van der Waals surface area contributed by atoms with Gasteiger partial charge in [-0.3, -0.25) is 0 Å². The maximum Gasteiger partial charge on any atom is 0.340 e. The molecule has 0 aliphatic rings. The molecule has 0 aliphatic carbocycles. The molecular weight excluding hydrogens is 442 g/mol. The summed E-state index contributed by atoms with van der Waals surface area (Å²) in [6.45, 7) is 5.72. The van der Waals surface area contributed by atoms with E-state index in [1.54, 1.807) is 26.0 Å². The Morgan fingerprint density at radius 3 is 2.48 bits per heavy atom. The number of carbonyl (C=O) groups is 1. The van der Waals surface area contributed by atoms with E-state index in [1.807, 2.05) is 13.0 Å². The number of esters is 1. The van der Waals surface area contributed by atoms with E-state index in [0.717, 1.165) is 5.56 Å². The van der Waals surface area contributed by atoms with E-state index in [9.17, 15) is 18.0 Å². The quantitative estimate of drug-likeness (QED) is 0.386. The summed E-state index contributed by atoms with van der Waals surface area (Å²) >= 11 is 6.13. The Labute approximate surface area is 185 Å². The normalized spacial score (nSPS) is 11.8. The zero-order valence-electron chi connectivity index (χ0n) is 17.3. The number of sulfonamides is 1. The second-order valence-electron chi connectivity index (χ2n) is 6.90. The van der Waals surface area contributed by atoms with Gasteiger partial charge in [-0.25, -0.2) is 18.0 Å². The van der Waals surface area contributed by atoms with Crippen molar-refractivity contribution >= 4 is 38.6 Å². The lowest BCUT2D eigenvalue weighted by atomic mass is 10.1. The molecule has 7 nitrogen and oxygen atoms in total. The van der Waals surface area contributed by atoms with Gasteiger partial charge < -0.3 is 9.15 Å². The standard InChI is InChI=1S/C22H22ClNO6S/c1-4-24(5-2)31(27,28)16-7-9-19(23)18(12-16)22(26)29-13-15-11-21(25)30-20-10-14(3)6-8-17(15)20/h6-12H,4-5,13H2,1-3H3. The summed E-state index contributed by atoms with van der Waals surface area (Å²) in [7, 11) is -3.77. The van der Waals surface area contributed by atoms with Crippen LogP contribution >= 0.6 is 11.6 Å². The predicted octanol–water partition coefficient (Wildman–Crippen LogP) is 4.14. The third kappa shape index (κ3) is 4.81. The molecule has 2 aromatic carbocycles. The van der Waals surface area contributed by atoms with Crippen LogP contribution in [0.3, 0.4) is 0 Å². The van der Waals surface area contributed by atoms with Crippen molar-refractivity contribution in [2.45, 2.75) is 32.3 Å². The smallest absolute Gasteiger partial charge is 0.340 e. The molecule has 0 radical (unpaired) electrons. The van der Waals surface area contributed by atoms with Crippen LogP contribution in [0.2, 0.25) is 5.02 Å². The second kappa shape index (κ2) is 9.21. The van der Waals surface area contributed by atoms with Gasteiger partial charge in [0.05, 0.1) is 15.5 Å². The van der Waals surface area contributed by atoms with E-state index >= 15 is 0 Å². The predicted molar refractivity (Wildman–Crippen MR) is 118 cm³/mol. The summed E-state index contributed by atoms with van der Waals surface area (Å²) in [6.07, 6.45) is 0. The molecule has 0 spiro atoms. The first-order valence-corrected chi connectivity index (χ1v) is 11.5. The molecule has 1 heterocycles. The molecule has 0 saturated heterocycles. The van der Waals surface area contributed by atoms with Crippen molar-refractivity contribution in [3.63, 3.8) is 0 Å². The van der Waals surface area contributed by atoms with E-state index < -0.39 is 21.6 Å². The Balaban J connectivity index is 1.90. The fourth-order valence-corrected chi connectivity index (χ4v) is 4.89. The SMILES string of the molecule is CCN(CC)S(=O)(=O)c1ccc(Cl)c(C(=O)OCc2cc(=O)oc3cc(C)ccc23)c1. The second-order valence-corrected chi connectivity index (χ2v) is 9.24. The zero-order chi connectivity index (χ0) is 22.8. The van der Waals surface area contributed by atoms with Gasteiger partial charge in [0.1, 0.15) is 12.2 Å². The number of hydrogen-bond acceptors (Lipinski definition) is 6. The Morgan fingerprint density at radius 1 is 1.10 bits per heavy atom. The lowest BCUT2D eigenvalue weighted by Crippen LogP contribution is -2.30. The van der Waals surface area contributed by atoms with Crippen LogP contribution in [0.1, 0.15) is 35.3 Å². The highest BCUT2D eigenvalue weighted by Crippen LogP contribution is 2.25. The van der Waals surface area contributed by atoms with Gasteiger partial charge in [0, 0.05) is 30.1 Å². The zero-order valence-corrected chi connectivity index (χ0v) is 18.9. The molecule has 31 heavy (non-hydrogen) atoms. The highest BCUT2D eigenvalue weighted by Gasteiger charge is 2.24. The first-order chi connectivity index (χ1) is 14.7. The third-order valence-electron chi connectivity index (χ3n) is 4.85. The average Bonchev–Trinajstić information content (AvgIpc) is 2.72. The summed E-state index contributed by atoms with van der Waals surface area (Å²) in [5.74, 6) is -0.796. The van der Waals surface area contributed by atoms with Crippen molar-refractivity contribution in [2.24, 2.45) is 0 Å². The number of aryl methyl sites for hydroxylation is 1. The van der Waals surface area contributed by atoms with Crippen molar-refractivity contribution in [2.75, 3.05) is 13.1 Å². The Morgan fingerprint density at radius 2 is 1.81 bits per heavy atom.